The molecule has 1 aromatic carbocycles. The molecule has 1 amide bonds. The molecule has 9 heteroatoms. The van der Waals surface area contributed by atoms with Gasteiger partial charge in [-0.15, -0.1) is 0 Å². The monoisotopic (exact) mass is 431 g/mol. The zero-order chi connectivity index (χ0) is 21.1. The van der Waals surface area contributed by atoms with Crippen LogP contribution in [0, 0.1) is 5.92 Å². The maximum atomic E-state index is 13.0. The second-order valence-electron chi connectivity index (χ2n) is 7.47. The van der Waals surface area contributed by atoms with Gasteiger partial charge in [0.05, 0.1) is 16.6 Å². The van der Waals surface area contributed by atoms with Gasteiger partial charge in [0, 0.05) is 31.3 Å². The molecule has 2 aliphatic rings. The number of nitrogens with one attached hydrogen (secondary N) is 1. The second kappa shape index (κ2) is 8.61. The zero-order valence-electron chi connectivity index (χ0n) is 16.8. The molecule has 30 heavy (non-hydrogen) atoms. The average Bonchev–Trinajstić information content (AvgIpc) is 2.79. The Morgan fingerprint density at radius 1 is 1.13 bits per heavy atom. The van der Waals surface area contributed by atoms with Gasteiger partial charge in [-0.2, -0.15) is 4.31 Å². The highest BCUT2D eigenvalue weighted by Crippen LogP contribution is 2.34. The summed E-state index contributed by atoms with van der Waals surface area (Å²) in [6.07, 6.45) is 2.65. The van der Waals surface area contributed by atoms with Crippen LogP contribution in [0.1, 0.15) is 31.5 Å². The number of fused-ring (bicyclic) bond motifs is 1. The largest absolute Gasteiger partial charge is 0.486 e. The van der Waals surface area contributed by atoms with Crippen LogP contribution in [0.5, 0.6) is 11.5 Å². The van der Waals surface area contributed by atoms with E-state index in [1.807, 2.05) is 25.1 Å². The van der Waals surface area contributed by atoms with Gasteiger partial charge in [-0.1, -0.05) is 6.07 Å². The van der Waals surface area contributed by atoms with Gasteiger partial charge in [-0.05, 0) is 44.0 Å². The van der Waals surface area contributed by atoms with Gasteiger partial charge in [-0.25, -0.2) is 8.42 Å². The van der Waals surface area contributed by atoms with Crippen LogP contribution in [0.3, 0.4) is 0 Å². The van der Waals surface area contributed by atoms with E-state index in [9.17, 15) is 13.2 Å². The average molecular weight is 432 g/mol. The fourth-order valence-corrected chi connectivity index (χ4v) is 5.21. The van der Waals surface area contributed by atoms with E-state index in [4.69, 9.17) is 9.47 Å². The van der Waals surface area contributed by atoms with Gasteiger partial charge in [0.25, 0.3) is 0 Å². The zero-order valence-corrected chi connectivity index (χ0v) is 17.6. The summed E-state index contributed by atoms with van der Waals surface area (Å²) in [7, 11) is -3.65. The number of ether oxygens (including phenoxy) is 2. The lowest BCUT2D eigenvalue weighted by Crippen LogP contribution is -2.43. The van der Waals surface area contributed by atoms with Crippen molar-refractivity contribution in [2.45, 2.75) is 30.7 Å². The van der Waals surface area contributed by atoms with Crippen molar-refractivity contribution >= 4 is 15.9 Å². The van der Waals surface area contributed by atoms with Crippen LogP contribution in [0.2, 0.25) is 0 Å². The molecule has 2 aromatic rings. The van der Waals surface area contributed by atoms with Crippen molar-refractivity contribution in [1.29, 1.82) is 0 Å². The third-order valence-corrected chi connectivity index (χ3v) is 7.36. The van der Waals surface area contributed by atoms with E-state index in [1.54, 1.807) is 12.3 Å². The molecule has 160 valence electrons. The highest BCUT2D eigenvalue weighted by Gasteiger charge is 2.33. The van der Waals surface area contributed by atoms with E-state index < -0.39 is 10.0 Å². The minimum absolute atomic E-state index is 0.0652. The normalized spacial score (nSPS) is 18.6. The van der Waals surface area contributed by atoms with Gasteiger partial charge in [0.1, 0.15) is 13.2 Å². The van der Waals surface area contributed by atoms with E-state index in [-0.39, 0.29) is 22.8 Å². The van der Waals surface area contributed by atoms with Crippen molar-refractivity contribution in [1.82, 2.24) is 14.6 Å². The summed E-state index contributed by atoms with van der Waals surface area (Å²) in [5, 5.41) is 2.99. The number of carbonyl (C=O) groups is 1. The van der Waals surface area contributed by atoms with Crippen LogP contribution < -0.4 is 14.8 Å². The maximum absolute atomic E-state index is 13.0. The minimum Gasteiger partial charge on any atom is -0.486 e. The second-order valence-corrected chi connectivity index (χ2v) is 9.41. The number of carbonyl (C=O) groups excluding carboxylic acids is 1. The van der Waals surface area contributed by atoms with Crippen LogP contribution in [0.4, 0.5) is 0 Å². The summed E-state index contributed by atoms with van der Waals surface area (Å²) in [6, 6.07) is 10.1. The fraction of sp³-hybridized carbons (Fsp3) is 0.429. The molecule has 0 radical (unpaired) electrons. The number of piperidine rings is 1. The number of amides is 1. The molecule has 1 aromatic heterocycles. The van der Waals surface area contributed by atoms with Gasteiger partial charge in [0.15, 0.2) is 11.5 Å². The van der Waals surface area contributed by atoms with Crippen LogP contribution >= 0.6 is 0 Å². The van der Waals surface area contributed by atoms with Crippen molar-refractivity contribution in [2.75, 3.05) is 26.3 Å². The molecule has 0 aliphatic carbocycles. The van der Waals surface area contributed by atoms with E-state index in [1.165, 1.54) is 16.4 Å². The Kier molecular flexibility index (Phi) is 5.92. The molecule has 3 heterocycles. The number of hydrogen-bond donors (Lipinski definition) is 1. The molecule has 1 saturated heterocycles. The molecule has 1 fully saturated rings. The highest BCUT2D eigenvalue weighted by atomic mass is 32.2. The molecule has 1 atom stereocenters. The van der Waals surface area contributed by atoms with Crippen LogP contribution in [-0.4, -0.2) is 49.9 Å². The lowest BCUT2D eigenvalue weighted by molar-refractivity contribution is -0.126. The lowest BCUT2D eigenvalue weighted by Gasteiger charge is -2.31. The number of sulfonamides is 1. The molecule has 4 rings (SSSR count). The molecule has 0 spiro atoms. The SMILES string of the molecule is C[C@H](NC(=O)C1CCN(S(=O)(=O)c2ccc3c(c2)OCCO3)CC1)c1ccccn1. The molecule has 0 bridgehead atoms. The molecular weight excluding hydrogens is 406 g/mol. The van der Waals surface area contributed by atoms with Crippen LogP contribution in [-0.2, 0) is 14.8 Å². The minimum atomic E-state index is -3.65. The third-order valence-electron chi connectivity index (χ3n) is 5.47. The van der Waals surface area contributed by atoms with Crippen LogP contribution in [0.15, 0.2) is 47.5 Å². The summed E-state index contributed by atoms with van der Waals surface area (Å²) in [6.45, 7) is 3.34. The summed E-state index contributed by atoms with van der Waals surface area (Å²) >= 11 is 0. The Labute approximate surface area is 176 Å². The van der Waals surface area contributed by atoms with E-state index in [0.717, 1.165) is 5.69 Å². The smallest absolute Gasteiger partial charge is 0.243 e. The number of aromatic nitrogens is 1. The highest BCUT2D eigenvalue weighted by molar-refractivity contribution is 7.89. The number of pyridine rings is 1. The van der Waals surface area contributed by atoms with Crippen molar-refractivity contribution in [2.24, 2.45) is 5.92 Å². The Bertz CT molecular complexity index is 1000. The standard InChI is InChI=1S/C21H25N3O5S/c1-15(18-4-2-3-9-22-18)23-21(25)16-7-10-24(11-8-16)30(26,27)17-5-6-19-20(14-17)29-13-12-28-19/h2-6,9,14-16H,7-8,10-13H2,1H3,(H,23,25)/t15-/m0/s1. The first-order valence-electron chi connectivity index (χ1n) is 10.1. The van der Waals surface area contributed by atoms with Gasteiger partial charge < -0.3 is 14.8 Å². The summed E-state index contributed by atoms with van der Waals surface area (Å²) < 4.78 is 38.5. The van der Waals surface area contributed by atoms with E-state index in [0.29, 0.717) is 50.6 Å². The number of hydrogen-bond acceptors (Lipinski definition) is 6. The molecule has 2 aliphatic heterocycles. The third kappa shape index (κ3) is 4.27. The fourth-order valence-electron chi connectivity index (χ4n) is 3.73. The first-order chi connectivity index (χ1) is 14.4. The number of nitrogens with zero attached hydrogens (tertiary/aromatic N) is 2. The topological polar surface area (TPSA) is 97.8 Å². The molecule has 0 saturated carbocycles. The predicted molar refractivity (Wildman–Crippen MR) is 110 cm³/mol. The first kappa shape index (κ1) is 20.6. The first-order valence-corrected chi connectivity index (χ1v) is 11.5. The molecule has 1 N–H and O–H groups in total. The van der Waals surface area contributed by atoms with Gasteiger partial charge >= 0.3 is 0 Å². The summed E-state index contributed by atoms with van der Waals surface area (Å²) in [5.41, 5.74) is 0.796. The van der Waals surface area contributed by atoms with Crippen molar-refractivity contribution in [3.8, 4) is 11.5 Å². The molecular formula is C21H25N3O5S. The Balaban J connectivity index is 1.37. The predicted octanol–water partition coefficient (Wildman–Crippen LogP) is 2.13. The Hall–Kier alpha value is -2.65. The maximum Gasteiger partial charge on any atom is 0.243 e. The van der Waals surface area contributed by atoms with Gasteiger partial charge in [-0.3, -0.25) is 9.78 Å². The van der Waals surface area contributed by atoms with Crippen LogP contribution in [0.25, 0.3) is 0 Å². The number of rotatable bonds is 5. The molecule has 8 nitrogen and oxygen atoms in total. The van der Waals surface area contributed by atoms with Crippen molar-refractivity contribution < 1.29 is 22.7 Å². The Morgan fingerprint density at radius 3 is 2.57 bits per heavy atom. The summed E-state index contributed by atoms with van der Waals surface area (Å²) in [5.74, 6) is 0.713. The van der Waals surface area contributed by atoms with E-state index >= 15 is 0 Å². The lowest BCUT2D eigenvalue weighted by atomic mass is 9.97. The van der Waals surface area contributed by atoms with Gasteiger partial charge in [0.2, 0.25) is 15.9 Å². The Morgan fingerprint density at radius 2 is 1.87 bits per heavy atom. The summed E-state index contributed by atoms with van der Waals surface area (Å²) in [4.78, 5) is 17.1. The van der Waals surface area contributed by atoms with Crippen molar-refractivity contribution in [3.63, 3.8) is 0 Å². The van der Waals surface area contributed by atoms with Crippen molar-refractivity contribution in [3.05, 3.63) is 48.3 Å². The van der Waals surface area contributed by atoms with E-state index in [2.05, 4.69) is 10.3 Å². The molecule has 0 unspecified atom stereocenters. The number of benzene rings is 1. The quantitative estimate of drug-likeness (QED) is 0.779.